The maximum Gasteiger partial charge on any atom is 0.247 e. The Morgan fingerprint density at radius 1 is 1.00 bits per heavy atom. The Bertz CT molecular complexity index is 716. The van der Waals surface area contributed by atoms with E-state index >= 15 is 0 Å². The van der Waals surface area contributed by atoms with Crippen LogP contribution in [0.4, 0.5) is 5.69 Å². The SMILES string of the molecule is C=CC(=O)Nc1ccc(C(=O)/C=C/c2ccc(Br)cc2)cc1. The van der Waals surface area contributed by atoms with Crippen LogP contribution in [0.15, 0.2) is 71.7 Å². The summed E-state index contributed by atoms with van der Waals surface area (Å²) in [7, 11) is 0. The van der Waals surface area contributed by atoms with Gasteiger partial charge in [-0.3, -0.25) is 9.59 Å². The lowest BCUT2D eigenvalue weighted by Gasteiger charge is -2.02. The van der Waals surface area contributed by atoms with E-state index in [1.807, 2.05) is 24.3 Å². The van der Waals surface area contributed by atoms with Gasteiger partial charge in [-0.15, -0.1) is 0 Å². The van der Waals surface area contributed by atoms with Crippen molar-refractivity contribution in [2.24, 2.45) is 0 Å². The zero-order chi connectivity index (χ0) is 15.9. The van der Waals surface area contributed by atoms with Crippen LogP contribution < -0.4 is 5.32 Å². The fraction of sp³-hybridized carbons (Fsp3) is 0. The topological polar surface area (TPSA) is 46.2 Å². The van der Waals surface area contributed by atoms with E-state index in [1.165, 1.54) is 12.2 Å². The van der Waals surface area contributed by atoms with Crippen molar-refractivity contribution in [1.82, 2.24) is 0 Å². The second-order valence-corrected chi connectivity index (χ2v) is 5.44. The molecule has 0 bridgehead atoms. The molecule has 0 spiro atoms. The highest BCUT2D eigenvalue weighted by Crippen LogP contribution is 2.13. The van der Waals surface area contributed by atoms with E-state index in [0.29, 0.717) is 11.3 Å². The molecule has 2 aromatic carbocycles. The van der Waals surface area contributed by atoms with Crippen molar-refractivity contribution in [2.75, 3.05) is 5.32 Å². The highest BCUT2D eigenvalue weighted by molar-refractivity contribution is 9.10. The lowest BCUT2D eigenvalue weighted by Crippen LogP contribution is -2.07. The van der Waals surface area contributed by atoms with Gasteiger partial charge in [-0.05, 0) is 54.1 Å². The fourth-order valence-electron chi connectivity index (χ4n) is 1.75. The van der Waals surface area contributed by atoms with Crippen molar-refractivity contribution in [2.45, 2.75) is 0 Å². The Morgan fingerprint density at radius 2 is 1.64 bits per heavy atom. The fourth-order valence-corrected chi connectivity index (χ4v) is 2.02. The first-order valence-electron chi connectivity index (χ1n) is 6.60. The monoisotopic (exact) mass is 355 g/mol. The van der Waals surface area contributed by atoms with Crippen LogP contribution in [0.25, 0.3) is 6.08 Å². The average Bonchev–Trinajstić information content (AvgIpc) is 2.54. The third-order valence-corrected chi connectivity index (χ3v) is 3.45. The van der Waals surface area contributed by atoms with Crippen molar-refractivity contribution in [3.8, 4) is 0 Å². The number of halogens is 1. The average molecular weight is 356 g/mol. The number of hydrogen-bond acceptors (Lipinski definition) is 2. The first kappa shape index (κ1) is 15.9. The molecule has 0 saturated carbocycles. The van der Waals surface area contributed by atoms with Crippen LogP contribution in [0.3, 0.4) is 0 Å². The van der Waals surface area contributed by atoms with E-state index in [0.717, 1.165) is 10.0 Å². The minimum atomic E-state index is -0.283. The number of benzene rings is 2. The minimum Gasteiger partial charge on any atom is -0.323 e. The van der Waals surface area contributed by atoms with E-state index in [2.05, 4.69) is 27.8 Å². The summed E-state index contributed by atoms with van der Waals surface area (Å²) in [6.45, 7) is 3.38. The number of ketones is 1. The van der Waals surface area contributed by atoms with Crippen molar-refractivity contribution in [3.63, 3.8) is 0 Å². The molecule has 110 valence electrons. The van der Waals surface area contributed by atoms with Crippen molar-refractivity contribution in [3.05, 3.63) is 82.9 Å². The third kappa shape index (κ3) is 4.53. The van der Waals surface area contributed by atoms with Gasteiger partial charge in [0.05, 0.1) is 0 Å². The number of carbonyl (C=O) groups is 2. The van der Waals surface area contributed by atoms with Gasteiger partial charge in [-0.2, -0.15) is 0 Å². The van der Waals surface area contributed by atoms with Crippen LogP contribution in [-0.2, 0) is 4.79 Å². The molecule has 2 rings (SSSR count). The summed E-state index contributed by atoms with van der Waals surface area (Å²) < 4.78 is 0.994. The van der Waals surface area contributed by atoms with Crippen LogP contribution in [-0.4, -0.2) is 11.7 Å². The van der Waals surface area contributed by atoms with E-state index in [1.54, 1.807) is 30.3 Å². The van der Waals surface area contributed by atoms with Crippen LogP contribution >= 0.6 is 15.9 Å². The number of hydrogen-bond donors (Lipinski definition) is 1. The van der Waals surface area contributed by atoms with Crippen LogP contribution in [0.5, 0.6) is 0 Å². The first-order chi connectivity index (χ1) is 10.6. The molecular weight excluding hydrogens is 342 g/mol. The molecule has 0 aromatic heterocycles. The van der Waals surface area contributed by atoms with Crippen molar-refractivity contribution >= 4 is 39.4 Å². The molecular formula is C18H14BrNO2. The van der Waals surface area contributed by atoms with E-state index in [4.69, 9.17) is 0 Å². The molecule has 0 unspecified atom stereocenters. The smallest absolute Gasteiger partial charge is 0.247 e. The van der Waals surface area contributed by atoms with E-state index < -0.39 is 0 Å². The third-order valence-electron chi connectivity index (χ3n) is 2.92. The van der Waals surface area contributed by atoms with Gasteiger partial charge < -0.3 is 5.32 Å². The number of carbonyl (C=O) groups excluding carboxylic acids is 2. The molecule has 0 radical (unpaired) electrons. The molecule has 0 fully saturated rings. The standard InChI is InChI=1S/C18H14BrNO2/c1-2-18(22)20-16-10-6-14(7-11-16)17(21)12-5-13-3-8-15(19)9-4-13/h2-12H,1H2,(H,20,22)/b12-5+. The van der Waals surface area contributed by atoms with Crippen LogP contribution in [0.2, 0.25) is 0 Å². The van der Waals surface area contributed by atoms with Gasteiger partial charge in [0.2, 0.25) is 5.91 Å². The largest absolute Gasteiger partial charge is 0.323 e. The number of allylic oxidation sites excluding steroid dienone is 1. The molecule has 4 heteroatoms. The van der Waals surface area contributed by atoms with Gasteiger partial charge in [0.25, 0.3) is 0 Å². The summed E-state index contributed by atoms with van der Waals surface area (Å²) in [5.41, 5.74) is 2.13. The molecule has 2 aromatic rings. The minimum absolute atomic E-state index is 0.0930. The Morgan fingerprint density at radius 3 is 2.23 bits per heavy atom. The van der Waals surface area contributed by atoms with E-state index in [-0.39, 0.29) is 11.7 Å². The molecule has 0 aliphatic heterocycles. The van der Waals surface area contributed by atoms with Gasteiger partial charge >= 0.3 is 0 Å². The lowest BCUT2D eigenvalue weighted by molar-refractivity contribution is -0.111. The molecule has 0 aliphatic rings. The molecule has 1 amide bonds. The summed E-state index contributed by atoms with van der Waals surface area (Å²) >= 11 is 3.36. The van der Waals surface area contributed by atoms with Gasteiger partial charge in [-0.25, -0.2) is 0 Å². The van der Waals surface area contributed by atoms with Crippen molar-refractivity contribution in [1.29, 1.82) is 0 Å². The highest BCUT2D eigenvalue weighted by Gasteiger charge is 2.03. The lowest BCUT2D eigenvalue weighted by atomic mass is 10.1. The second-order valence-electron chi connectivity index (χ2n) is 4.52. The quantitative estimate of drug-likeness (QED) is 0.635. The van der Waals surface area contributed by atoms with Crippen LogP contribution in [0.1, 0.15) is 15.9 Å². The predicted molar refractivity (Wildman–Crippen MR) is 92.8 cm³/mol. The maximum atomic E-state index is 12.1. The Kier molecular flexibility index (Phi) is 5.44. The van der Waals surface area contributed by atoms with E-state index in [9.17, 15) is 9.59 Å². The molecule has 1 N–H and O–H groups in total. The molecule has 22 heavy (non-hydrogen) atoms. The maximum absolute atomic E-state index is 12.1. The highest BCUT2D eigenvalue weighted by atomic mass is 79.9. The van der Waals surface area contributed by atoms with Gasteiger partial charge in [-0.1, -0.05) is 40.7 Å². The summed E-state index contributed by atoms with van der Waals surface area (Å²) in [4.78, 5) is 23.2. The number of anilines is 1. The van der Waals surface area contributed by atoms with Gasteiger partial charge in [0.15, 0.2) is 5.78 Å². The van der Waals surface area contributed by atoms with Crippen LogP contribution in [0, 0.1) is 0 Å². The first-order valence-corrected chi connectivity index (χ1v) is 7.39. The second kappa shape index (κ2) is 7.52. The molecule has 3 nitrogen and oxygen atoms in total. The zero-order valence-electron chi connectivity index (χ0n) is 11.8. The molecule has 0 aliphatic carbocycles. The number of amides is 1. The predicted octanol–water partition coefficient (Wildman–Crippen LogP) is 4.47. The van der Waals surface area contributed by atoms with Gasteiger partial charge in [0, 0.05) is 15.7 Å². The van der Waals surface area contributed by atoms with Crippen molar-refractivity contribution < 1.29 is 9.59 Å². The summed E-state index contributed by atoms with van der Waals surface area (Å²) in [5, 5.41) is 2.63. The summed E-state index contributed by atoms with van der Waals surface area (Å²) in [6.07, 6.45) is 4.49. The summed E-state index contributed by atoms with van der Waals surface area (Å²) in [6, 6.07) is 14.4. The molecule has 0 atom stereocenters. The number of nitrogens with one attached hydrogen (secondary N) is 1. The van der Waals surface area contributed by atoms with Gasteiger partial charge in [0.1, 0.15) is 0 Å². The Hall–Kier alpha value is -2.46. The normalized spacial score (nSPS) is 10.4. The summed E-state index contributed by atoms with van der Waals surface area (Å²) in [5.74, 6) is -0.376. The Balaban J connectivity index is 2.04. The Labute approximate surface area is 137 Å². The molecule has 0 heterocycles. The number of rotatable bonds is 5. The molecule has 0 saturated heterocycles. The zero-order valence-corrected chi connectivity index (χ0v) is 13.3.